The van der Waals surface area contributed by atoms with Crippen molar-refractivity contribution in [2.75, 3.05) is 17.2 Å². The molecule has 1 aromatic heterocycles. The smallest absolute Gasteiger partial charge is 0.205 e. The number of hydrogen-bond acceptors (Lipinski definition) is 3. The first-order chi connectivity index (χ1) is 10.3. The first-order valence-corrected chi connectivity index (χ1v) is 7.07. The van der Waals surface area contributed by atoms with Crippen LogP contribution in [0.3, 0.4) is 0 Å². The molecule has 0 unspecified atom stereocenters. The zero-order valence-electron chi connectivity index (χ0n) is 11.4. The minimum Gasteiger partial charge on any atom is -0.385 e. The molecule has 21 heavy (non-hydrogen) atoms. The van der Waals surface area contributed by atoms with Crippen molar-refractivity contribution in [3.8, 4) is 0 Å². The predicted octanol–water partition coefficient (Wildman–Crippen LogP) is 3.80. The maximum absolute atomic E-state index is 13.2. The number of fused-ring (bicyclic) bond motifs is 2. The third-order valence-electron chi connectivity index (χ3n) is 3.75. The van der Waals surface area contributed by atoms with Gasteiger partial charge in [0, 0.05) is 17.9 Å². The van der Waals surface area contributed by atoms with Gasteiger partial charge in [0.05, 0.1) is 11.0 Å². The summed E-state index contributed by atoms with van der Waals surface area (Å²) in [7, 11) is 0. The molecule has 3 N–H and O–H groups in total. The Morgan fingerprint density at radius 1 is 1.14 bits per heavy atom. The monoisotopic (exact) mass is 282 g/mol. The Labute approximate surface area is 121 Å². The third kappa shape index (κ3) is 2.31. The van der Waals surface area contributed by atoms with Gasteiger partial charge in [0.15, 0.2) is 0 Å². The molecule has 5 heteroatoms. The van der Waals surface area contributed by atoms with Gasteiger partial charge in [-0.15, -0.1) is 0 Å². The number of aromatic amines is 1. The second-order valence-corrected chi connectivity index (χ2v) is 5.27. The van der Waals surface area contributed by atoms with Gasteiger partial charge in [-0.3, -0.25) is 0 Å². The lowest BCUT2D eigenvalue weighted by molar-refractivity contribution is 0.629. The van der Waals surface area contributed by atoms with Crippen LogP contribution in [0.4, 0.5) is 21.7 Å². The average molecular weight is 282 g/mol. The van der Waals surface area contributed by atoms with Crippen LogP contribution >= 0.6 is 0 Å². The molecule has 0 radical (unpaired) electrons. The van der Waals surface area contributed by atoms with E-state index in [-0.39, 0.29) is 5.82 Å². The molecule has 1 aliphatic rings. The fourth-order valence-corrected chi connectivity index (χ4v) is 2.73. The molecule has 4 nitrogen and oxygen atoms in total. The van der Waals surface area contributed by atoms with E-state index in [1.807, 2.05) is 6.07 Å². The second-order valence-electron chi connectivity index (χ2n) is 5.27. The van der Waals surface area contributed by atoms with E-state index < -0.39 is 0 Å². The van der Waals surface area contributed by atoms with E-state index in [1.54, 1.807) is 6.07 Å². The Balaban J connectivity index is 1.64. The molecule has 2 heterocycles. The molecule has 1 aliphatic heterocycles. The number of halogens is 1. The van der Waals surface area contributed by atoms with Gasteiger partial charge < -0.3 is 15.6 Å². The quantitative estimate of drug-likeness (QED) is 0.670. The number of hydrogen-bond donors (Lipinski definition) is 3. The molecule has 0 saturated carbocycles. The van der Waals surface area contributed by atoms with Crippen LogP contribution < -0.4 is 10.6 Å². The number of anilines is 3. The SMILES string of the molecule is Fc1ccc2nc(Nc3ccc4c(c3)CCCN4)[nH]c2c1. The zero-order valence-corrected chi connectivity index (χ0v) is 11.4. The summed E-state index contributed by atoms with van der Waals surface area (Å²) in [6.07, 6.45) is 2.24. The zero-order chi connectivity index (χ0) is 14.2. The van der Waals surface area contributed by atoms with Gasteiger partial charge in [-0.1, -0.05) is 0 Å². The van der Waals surface area contributed by atoms with E-state index in [0.29, 0.717) is 11.5 Å². The molecule has 106 valence electrons. The third-order valence-corrected chi connectivity index (χ3v) is 3.75. The van der Waals surface area contributed by atoms with Gasteiger partial charge in [0.1, 0.15) is 5.82 Å². The summed E-state index contributed by atoms with van der Waals surface area (Å²) in [6.45, 7) is 1.04. The fourth-order valence-electron chi connectivity index (χ4n) is 2.73. The van der Waals surface area contributed by atoms with E-state index in [0.717, 1.165) is 30.6 Å². The van der Waals surface area contributed by atoms with E-state index in [4.69, 9.17) is 0 Å². The van der Waals surface area contributed by atoms with E-state index >= 15 is 0 Å². The minimum absolute atomic E-state index is 0.266. The summed E-state index contributed by atoms with van der Waals surface area (Å²) >= 11 is 0. The number of rotatable bonds is 2. The fraction of sp³-hybridized carbons (Fsp3) is 0.188. The summed E-state index contributed by atoms with van der Waals surface area (Å²) < 4.78 is 13.2. The van der Waals surface area contributed by atoms with Gasteiger partial charge in [-0.05, 0) is 54.8 Å². The largest absolute Gasteiger partial charge is 0.385 e. The summed E-state index contributed by atoms with van der Waals surface area (Å²) in [5, 5.41) is 6.63. The van der Waals surface area contributed by atoms with Crippen LogP contribution in [0.25, 0.3) is 11.0 Å². The van der Waals surface area contributed by atoms with Crippen LogP contribution in [0.1, 0.15) is 12.0 Å². The highest BCUT2D eigenvalue weighted by atomic mass is 19.1. The van der Waals surface area contributed by atoms with Crippen molar-refractivity contribution >= 4 is 28.4 Å². The Morgan fingerprint density at radius 2 is 2.10 bits per heavy atom. The van der Waals surface area contributed by atoms with Gasteiger partial charge >= 0.3 is 0 Å². The number of nitrogens with zero attached hydrogens (tertiary/aromatic N) is 1. The van der Waals surface area contributed by atoms with Crippen molar-refractivity contribution in [2.24, 2.45) is 0 Å². The molecule has 2 aromatic carbocycles. The van der Waals surface area contributed by atoms with Crippen molar-refractivity contribution in [1.29, 1.82) is 0 Å². The molecular formula is C16H15FN4. The molecule has 0 atom stereocenters. The Hall–Kier alpha value is -2.56. The highest BCUT2D eigenvalue weighted by Gasteiger charge is 2.10. The number of H-pyrrole nitrogens is 1. The van der Waals surface area contributed by atoms with Gasteiger partial charge in [-0.25, -0.2) is 9.37 Å². The second kappa shape index (κ2) is 4.77. The van der Waals surface area contributed by atoms with E-state index in [1.165, 1.54) is 23.4 Å². The first kappa shape index (κ1) is 12.2. The molecule has 3 aromatic rings. The van der Waals surface area contributed by atoms with Crippen LogP contribution in [0.2, 0.25) is 0 Å². The lowest BCUT2D eigenvalue weighted by Gasteiger charge is -2.18. The summed E-state index contributed by atoms with van der Waals surface area (Å²) in [5.41, 5.74) is 4.94. The van der Waals surface area contributed by atoms with Crippen LogP contribution in [0.15, 0.2) is 36.4 Å². The van der Waals surface area contributed by atoms with Crippen molar-refractivity contribution < 1.29 is 4.39 Å². The highest BCUT2D eigenvalue weighted by molar-refractivity contribution is 5.78. The predicted molar refractivity (Wildman–Crippen MR) is 82.6 cm³/mol. The lowest BCUT2D eigenvalue weighted by Crippen LogP contribution is -2.11. The maximum Gasteiger partial charge on any atom is 0.205 e. The average Bonchev–Trinajstić information content (AvgIpc) is 2.88. The molecule has 0 bridgehead atoms. The minimum atomic E-state index is -0.266. The van der Waals surface area contributed by atoms with Crippen molar-refractivity contribution in [3.63, 3.8) is 0 Å². The topological polar surface area (TPSA) is 52.7 Å². The van der Waals surface area contributed by atoms with Crippen molar-refractivity contribution in [1.82, 2.24) is 9.97 Å². The molecule has 0 amide bonds. The summed E-state index contributed by atoms with van der Waals surface area (Å²) in [4.78, 5) is 7.50. The van der Waals surface area contributed by atoms with Crippen molar-refractivity contribution in [2.45, 2.75) is 12.8 Å². The summed E-state index contributed by atoms with van der Waals surface area (Å²) in [6, 6.07) is 10.8. The Bertz CT molecular complexity index is 809. The number of nitrogens with one attached hydrogen (secondary N) is 3. The molecule has 0 spiro atoms. The maximum atomic E-state index is 13.2. The molecular weight excluding hydrogens is 267 g/mol. The Morgan fingerprint density at radius 3 is 3.05 bits per heavy atom. The van der Waals surface area contributed by atoms with Gasteiger partial charge in [-0.2, -0.15) is 0 Å². The molecule has 0 fully saturated rings. The number of benzene rings is 2. The van der Waals surface area contributed by atoms with Crippen LogP contribution in [-0.2, 0) is 6.42 Å². The van der Waals surface area contributed by atoms with Crippen LogP contribution in [0.5, 0.6) is 0 Å². The van der Waals surface area contributed by atoms with Crippen LogP contribution in [0, 0.1) is 5.82 Å². The normalized spacial score (nSPS) is 13.8. The lowest BCUT2D eigenvalue weighted by atomic mass is 10.0. The highest BCUT2D eigenvalue weighted by Crippen LogP contribution is 2.27. The van der Waals surface area contributed by atoms with E-state index in [9.17, 15) is 4.39 Å². The summed E-state index contributed by atoms with van der Waals surface area (Å²) in [5.74, 6) is 0.358. The molecule has 0 saturated heterocycles. The first-order valence-electron chi connectivity index (χ1n) is 7.07. The molecule has 4 rings (SSSR count). The van der Waals surface area contributed by atoms with E-state index in [2.05, 4.69) is 32.7 Å². The van der Waals surface area contributed by atoms with Gasteiger partial charge in [0.2, 0.25) is 5.95 Å². The Kier molecular flexibility index (Phi) is 2.77. The van der Waals surface area contributed by atoms with Crippen LogP contribution in [-0.4, -0.2) is 16.5 Å². The van der Waals surface area contributed by atoms with Crippen molar-refractivity contribution in [3.05, 3.63) is 47.8 Å². The van der Waals surface area contributed by atoms with Gasteiger partial charge in [0.25, 0.3) is 0 Å². The molecule has 0 aliphatic carbocycles. The number of aryl methyl sites for hydroxylation is 1. The number of imidazole rings is 1. The standard InChI is InChI=1S/C16H15FN4/c17-11-3-5-14-15(9-11)21-16(20-14)19-12-4-6-13-10(8-12)2-1-7-18-13/h3-6,8-9,18H,1-2,7H2,(H2,19,20,21). The number of aromatic nitrogens is 2.